The quantitative estimate of drug-likeness (QED) is 0.682. The predicted molar refractivity (Wildman–Crippen MR) is 58.0 cm³/mol. The molecular weight excluding hydrogens is 208 g/mol. The van der Waals surface area contributed by atoms with Gasteiger partial charge < -0.3 is 14.2 Å². The Labute approximate surface area is 96.2 Å². The molecule has 2 heterocycles. The first kappa shape index (κ1) is 11.9. The molecule has 0 N–H and O–H groups in total. The summed E-state index contributed by atoms with van der Waals surface area (Å²) < 4.78 is 15.4. The van der Waals surface area contributed by atoms with Crippen molar-refractivity contribution in [2.45, 2.75) is 25.7 Å². The Kier molecular flexibility index (Phi) is 3.82. The van der Waals surface area contributed by atoms with Crippen molar-refractivity contribution in [3.05, 3.63) is 0 Å². The van der Waals surface area contributed by atoms with E-state index in [-0.39, 0.29) is 11.4 Å². The van der Waals surface area contributed by atoms with Crippen LogP contribution in [-0.2, 0) is 19.0 Å². The molecule has 0 aromatic carbocycles. The van der Waals surface area contributed by atoms with Crippen LogP contribution in [-0.4, -0.2) is 39.5 Å². The van der Waals surface area contributed by atoms with Crippen molar-refractivity contribution in [3.8, 4) is 0 Å². The van der Waals surface area contributed by atoms with E-state index in [0.29, 0.717) is 12.3 Å². The highest BCUT2D eigenvalue weighted by molar-refractivity contribution is 5.69. The monoisotopic (exact) mass is 228 g/mol. The molecule has 4 heteroatoms. The van der Waals surface area contributed by atoms with E-state index in [1.165, 1.54) is 7.11 Å². The second kappa shape index (κ2) is 5.15. The number of methoxy groups -OCH3 is 1. The normalized spacial score (nSPS) is 24.8. The van der Waals surface area contributed by atoms with Gasteiger partial charge in [0, 0.05) is 25.0 Å². The zero-order chi connectivity index (χ0) is 11.4. The number of hydrogen-bond acceptors (Lipinski definition) is 4. The van der Waals surface area contributed by atoms with Gasteiger partial charge in [-0.3, -0.25) is 4.79 Å². The molecule has 0 unspecified atom stereocenters. The molecule has 0 aliphatic carbocycles. The summed E-state index contributed by atoms with van der Waals surface area (Å²) in [6.45, 7) is 3.30. The van der Waals surface area contributed by atoms with Gasteiger partial charge in [0.05, 0.1) is 20.3 Å². The van der Waals surface area contributed by atoms with Crippen molar-refractivity contribution in [2.24, 2.45) is 11.3 Å². The number of rotatable bonds is 4. The van der Waals surface area contributed by atoms with Crippen LogP contribution >= 0.6 is 0 Å². The van der Waals surface area contributed by atoms with Gasteiger partial charge in [-0.05, 0) is 25.2 Å². The molecule has 2 fully saturated rings. The molecular formula is C12H20O4. The van der Waals surface area contributed by atoms with E-state index >= 15 is 0 Å². The number of hydrogen-bond donors (Lipinski definition) is 0. The fraction of sp³-hybridized carbons (Fsp3) is 0.917. The van der Waals surface area contributed by atoms with Gasteiger partial charge in [-0.1, -0.05) is 0 Å². The second-order valence-electron chi connectivity index (χ2n) is 4.82. The predicted octanol–water partition coefficient (Wildman–Crippen LogP) is 1.38. The van der Waals surface area contributed by atoms with Gasteiger partial charge >= 0.3 is 5.97 Å². The molecule has 0 spiro atoms. The summed E-state index contributed by atoms with van der Waals surface area (Å²) >= 11 is 0. The molecule has 2 aliphatic rings. The Balaban J connectivity index is 1.88. The zero-order valence-electron chi connectivity index (χ0n) is 9.87. The van der Waals surface area contributed by atoms with Crippen molar-refractivity contribution in [1.29, 1.82) is 0 Å². The zero-order valence-corrected chi connectivity index (χ0v) is 9.87. The largest absolute Gasteiger partial charge is 0.469 e. The summed E-state index contributed by atoms with van der Waals surface area (Å²) in [7, 11) is 1.45. The van der Waals surface area contributed by atoms with Gasteiger partial charge in [0.1, 0.15) is 0 Å². The highest BCUT2D eigenvalue weighted by Gasteiger charge is 2.45. The maximum Gasteiger partial charge on any atom is 0.305 e. The SMILES string of the molecule is COC(=O)CCC1(C2CCOCC2)COC1. The average Bonchev–Trinajstić information content (AvgIpc) is 2.29. The van der Waals surface area contributed by atoms with Gasteiger partial charge in [0.25, 0.3) is 0 Å². The summed E-state index contributed by atoms with van der Waals surface area (Å²) in [5.74, 6) is 0.540. The van der Waals surface area contributed by atoms with Gasteiger partial charge in [0.15, 0.2) is 0 Å². The van der Waals surface area contributed by atoms with Crippen LogP contribution < -0.4 is 0 Å². The molecule has 0 amide bonds. The minimum Gasteiger partial charge on any atom is -0.469 e. The number of carbonyl (C=O) groups is 1. The maximum absolute atomic E-state index is 11.2. The molecule has 16 heavy (non-hydrogen) atoms. The molecule has 0 aromatic heterocycles. The summed E-state index contributed by atoms with van der Waals surface area (Å²) in [5, 5.41) is 0. The minimum absolute atomic E-state index is 0.113. The van der Waals surface area contributed by atoms with Crippen LogP contribution in [0.4, 0.5) is 0 Å². The van der Waals surface area contributed by atoms with E-state index in [2.05, 4.69) is 0 Å². The Morgan fingerprint density at radius 2 is 2.00 bits per heavy atom. The Bertz CT molecular complexity index is 241. The molecule has 2 aliphatic heterocycles. The standard InChI is InChI=1S/C12H20O4/c1-14-11(13)2-5-12(8-16-9-12)10-3-6-15-7-4-10/h10H,2-9H2,1H3. The van der Waals surface area contributed by atoms with E-state index in [0.717, 1.165) is 45.7 Å². The van der Waals surface area contributed by atoms with Crippen LogP contribution in [0.15, 0.2) is 0 Å². The molecule has 0 aromatic rings. The van der Waals surface area contributed by atoms with Crippen LogP contribution in [0, 0.1) is 11.3 Å². The lowest BCUT2D eigenvalue weighted by atomic mass is 9.67. The Morgan fingerprint density at radius 1 is 1.31 bits per heavy atom. The maximum atomic E-state index is 11.2. The van der Waals surface area contributed by atoms with Crippen LogP contribution in [0.25, 0.3) is 0 Å². The van der Waals surface area contributed by atoms with Crippen molar-refractivity contribution in [2.75, 3.05) is 33.5 Å². The van der Waals surface area contributed by atoms with Crippen molar-refractivity contribution < 1.29 is 19.0 Å². The molecule has 0 radical (unpaired) electrons. The minimum atomic E-state index is -0.113. The molecule has 0 saturated carbocycles. The van der Waals surface area contributed by atoms with Crippen molar-refractivity contribution in [3.63, 3.8) is 0 Å². The van der Waals surface area contributed by atoms with Crippen LogP contribution in [0.3, 0.4) is 0 Å². The number of carbonyl (C=O) groups excluding carboxylic acids is 1. The van der Waals surface area contributed by atoms with Gasteiger partial charge in [0.2, 0.25) is 0 Å². The van der Waals surface area contributed by atoms with E-state index in [9.17, 15) is 4.79 Å². The third-order valence-corrected chi connectivity index (χ3v) is 3.92. The fourth-order valence-corrected chi connectivity index (χ4v) is 2.71. The first-order chi connectivity index (χ1) is 7.77. The average molecular weight is 228 g/mol. The lowest BCUT2D eigenvalue weighted by Gasteiger charge is -2.48. The third-order valence-electron chi connectivity index (χ3n) is 3.92. The molecule has 0 bridgehead atoms. The van der Waals surface area contributed by atoms with E-state index in [1.54, 1.807) is 0 Å². The summed E-state index contributed by atoms with van der Waals surface area (Å²) in [6.07, 6.45) is 3.61. The van der Waals surface area contributed by atoms with Crippen LogP contribution in [0.1, 0.15) is 25.7 Å². The summed E-state index contributed by atoms with van der Waals surface area (Å²) in [6, 6.07) is 0. The molecule has 0 atom stereocenters. The van der Waals surface area contributed by atoms with Crippen molar-refractivity contribution in [1.82, 2.24) is 0 Å². The summed E-state index contributed by atoms with van der Waals surface area (Å²) in [5.41, 5.74) is 0.220. The Morgan fingerprint density at radius 3 is 2.50 bits per heavy atom. The first-order valence-corrected chi connectivity index (χ1v) is 5.99. The lowest BCUT2D eigenvalue weighted by molar-refractivity contribution is -0.171. The third kappa shape index (κ3) is 2.38. The van der Waals surface area contributed by atoms with E-state index in [4.69, 9.17) is 14.2 Å². The molecule has 92 valence electrons. The van der Waals surface area contributed by atoms with Gasteiger partial charge in [-0.15, -0.1) is 0 Å². The number of ether oxygens (including phenoxy) is 3. The molecule has 4 nitrogen and oxygen atoms in total. The van der Waals surface area contributed by atoms with Crippen molar-refractivity contribution >= 4 is 5.97 Å². The van der Waals surface area contributed by atoms with Gasteiger partial charge in [-0.2, -0.15) is 0 Å². The van der Waals surface area contributed by atoms with E-state index in [1.807, 2.05) is 0 Å². The Hall–Kier alpha value is -0.610. The number of esters is 1. The van der Waals surface area contributed by atoms with Crippen LogP contribution in [0.5, 0.6) is 0 Å². The highest BCUT2D eigenvalue weighted by Crippen LogP contribution is 2.44. The lowest BCUT2D eigenvalue weighted by Crippen LogP contribution is -2.50. The summed E-state index contributed by atoms with van der Waals surface area (Å²) in [4.78, 5) is 11.2. The van der Waals surface area contributed by atoms with Gasteiger partial charge in [-0.25, -0.2) is 0 Å². The van der Waals surface area contributed by atoms with Crippen LogP contribution in [0.2, 0.25) is 0 Å². The first-order valence-electron chi connectivity index (χ1n) is 5.99. The molecule has 2 rings (SSSR count). The molecule has 2 saturated heterocycles. The topological polar surface area (TPSA) is 44.8 Å². The van der Waals surface area contributed by atoms with E-state index < -0.39 is 0 Å². The highest BCUT2D eigenvalue weighted by atomic mass is 16.5. The smallest absolute Gasteiger partial charge is 0.305 e. The second-order valence-corrected chi connectivity index (χ2v) is 4.82. The fourth-order valence-electron chi connectivity index (χ4n) is 2.71.